The normalized spacial score (nSPS) is 9.83. The van der Waals surface area contributed by atoms with E-state index in [9.17, 15) is 0 Å². The Kier molecular flexibility index (Phi) is 3.56. The third kappa shape index (κ3) is 2.47. The van der Waals surface area contributed by atoms with Gasteiger partial charge in [-0.1, -0.05) is 12.1 Å². The minimum Gasteiger partial charge on any atom is -0.438 e. The highest BCUT2D eigenvalue weighted by atomic mass is 16.5. The summed E-state index contributed by atoms with van der Waals surface area (Å²) in [7, 11) is 0. The quantitative estimate of drug-likeness (QED) is 0.893. The molecule has 0 unspecified atom stereocenters. The van der Waals surface area contributed by atoms with Crippen molar-refractivity contribution in [2.45, 2.75) is 13.5 Å². The van der Waals surface area contributed by atoms with Crippen molar-refractivity contribution in [3.8, 4) is 17.7 Å². The van der Waals surface area contributed by atoms with Crippen LogP contribution in [0.4, 0.5) is 0 Å². The number of nitriles is 1. The van der Waals surface area contributed by atoms with Gasteiger partial charge in [-0.2, -0.15) is 5.26 Å². The van der Waals surface area contributed by atoms with E-state index in [1.54, 1.807) is 12.3 Å². The Balaban J connectivity index is 2.28. The summed E-state index contributed by atoms with van der Waals surface area (Å²) < 4.78 is 5.61. The molecule has 1 aromatic heterocycles. The number of nitrogens with two attached hydrogens (primary N) is 1. The molecule has 0 bridgehead atoms. The van der Waals surface area contributed by atoms with Crippen molar-refractivity contribution in [2.24, 2.45) is 5.73 Å². The summed E-state index contributed by atoms with van der Waals surface area (Å²) in [6.45, 7) is 2.34. The summed E-state index contributed by atoms with van der Waals surface area (Å²) in [6, 6.07) is 11.3. The second kappa shape index (κ2) is 5.30. The molecule has 90 valence electrons. The summed E-state index contributed by atoms with van der Waals surface area (Å²) in [5, 5.41) is 9.07. The minimum absolute atomic E-state index is 0.331. The van der Waals surface area contributed by atoms with Crippen molar-refractivity contribution in [2.75, 3.05) is 0 Å². The molecule has 18 heavy (non-hydrogen) atoms. The topological polar surface area (TPSA) is 71.9 Å². The number of nitrogens with zero attached hydrogens (tertiary/aromatic N) is 2. The van der Waals surface area contributed by atoms with Gasteiger partial charge in [0, 0.05) is 12.7 Å². The lowest BCUT2D eigenvalue weighted by Gasteiger charge is -2.07. The molecule has 0 aliphatic carbocycles. The van der Waals surface area contributed by atoms with Crippen LogP contribution >= 0.6 is 0 Å². The van der Waals surface area contributed by atoms with Crippen molar-refractivity contribution in [1.82, 2.24) is 4.98 Å². The molecule has 0 aliphatic rings. The Morgan fingerprint density at radius 3 is 2.61 bits per heavy atom. The van der Waals surface area contributed by atoms with Gasteiger partial charge in [0.25, 0.3) is 0 Å². The first-order valence-corrected chi connectivity index (χ1v) is 5.57. The molecule has 0 saturated heterocycles. The minimum atomic E-state index is 0.331. The molecular formula is C14H13N3O. The zero-order valence-electron chi connectivity index (χ0n) is 10.1. The number of benzene rings is 1. The fraction of sp³-hybridized carbons (Fsp3) is 0.143. The molecule has 0 radical (unpaired) electrons. The number of hydrogen-bond acceptors (Lipinski definition) is 4. The number of aryl methyl sites for hydroxylation is 1. The fourth-order valence-electron chi connectivity index (χ4n) is 1.55. The predicted octanol–water partition coefficient (Wildman–Crippen LogP) is 2.51. The third-order valence-electron chi connectivity index (χ3n) is 2.61. The second-order valence-electron chi connectivity index (χ2n) is 3.87. The van der Waals surface area contributed by atoms with Crippen LogP contribution < -0.4 is 10.5 Å². The largest absolute Gasteiger partial charge is 0.438 e. The van der Waals surface area contributed by atoms with E-state index in [-0.39, 0.29) is 0 Å². The molecule has 2 N–H and O–H groups in total. The Morgan fingerprint density at radius 2 is 2.00 bits per heavy atom. The van der Waals surface area contributed by atoms with E-state index in [2.05, 4.69) is 11.1 Å². The predicted molar refractivity (Wildman–Crippen MR) is 68.1 cm³/mol. The lowest BCUT2D eigenvalue weighted by Crippen LogP contribution is -1.97. The van der Waals surface area contributed by atoms with Crippen LogP contribution in [0.3, 0.4) is 0 Å². The zero-order chi connectivity index (χ0) is 13.0. The van der Waals surface area contributed by atoms with E-state index in [0.29, 0.717) is 23.7 Å². The Hall–Kier alpha value is -2.38. The molecule has 4 nitrogen and oxygen atoms in total. The monoisotopic (exact) mass is 239 g/mol. The maximum absolute atomic E-state index is 9.07. The fourth-order valence-corrected chi connectivity index (χ4v) is 1.55. The highest BCUT2D eigenvalue weighted by Crippen LogP contribution is 2.24. The van der Waals surface area contributed by atoms with E-state index >= 15 is 0 Å². The Morgan fingerprint density at radius 1 is 1.28 bits per heavy atom. The van der Waals surface area contributed by atoms with Gasteiger partial charge in [0.15, 0.2) is 0 Å². The maximum atomic E-state index is 9.07. The van der Waals surface area contributed by atoms with Gasteiger partial charge in [-0.05, 0) is 36.2 Å². The SMILES string of the molecule is Cc1ccnc(Oc2ccc(CN)cc2)c1C#N. The van der Waals surface area contributed by atoms with Crippen LogP contribution in [0.2, 0.25) is 0 Å². The van der Waals surface area contributed by atoms with Gasteiger partial charge >= 0.3 is 0 Å². The third-order valence-corrected chi connectivity index (χ3v) is 2.61. The van der Waals surface area contributed by atoms with E-state index in [1.807, 2.05) is 31.2 Å². The van der Waals surface area contributed by atoms with E-state index < -0.39 is 0 Å². The molecule has 0 amide bonds. The van der Waals surface area contributed by atoms with Crippen LogP contribution in [0.1, 0.15) is 16.7 Å². The van der Waals surface area contributed by atoms with Crippen molar-refractivity contribution < 1.29 is 4.74 Å². The number of rotatable bonds is 3. The zero-order valence-corrected chi connectivity index (χ0v) is 10.1. The number of ether oxygens (including phenoxy) is 1. The average Bonchev–Trinajstić information content (AvgIpc) is 2.40. The summed E-state index contributed by atoms with van der Waals surface area (Å²) in [6.07, 6.45) is 1.62. The van der Waals surface area contributed by atoms with Gasteiger partial charge in [0.05, 0.1) is 0 Å². The molecule has 0 aliphatic heterocycles. The highest BCUT2D eigenvalue weighted by Gasteiger charge is 2.08. The van der Waals surface area contributed by atoms with Crippen LogP contribution in [0.5, 0.6) is 11.6 Å². The van der Waals surface area contributed by atoms with Crippen molar-refractivity contribution >= 4 is 0 Å². The van der Waals surface area contributed by atoms with Gasteiger partial charge in [0.2, 0.25) is 5.88 Å². The molecule has 0 spiro atoms. The lowest BCUT2D eigenvalue weighted by molar-refractivity contribution is 0.460. The van der Waals surface area contributed by atoms with Crippen molar-refractivity contribution in [3.05, 3.63) is 53.2 Å². The van der Waals surface area contributed by atoms with Crippen LogP contribution in [-0.4, -0.2) is 4.98 Å². The summed E-state index contributed by atoms with van der Waals surface area (Å²) >= 11 is 0. The molecule has 0 atom stereocenters. The van der Waals surface area contributed by atoms with Gasteiger partial charge in [-0.15, -0.1) is 0 Å². The molecule has 1 aromatic carbocycles. The van der Waals surface area contributed by atoms with E-state index in [0.717, 1.165) is 11.1 Å². The average molecular weight is 239 g/mol. The highest BCUT2D eigenvalue weighted by molar-refractivity contribution is 5.45. The maximum Gasteiger partial charge on any atom is 0.237 e. The summed E-state index contributed by atoms with van der Waals surface area (Å²) in [5.41, 5.74) is 7.86. The Bertz CT molecular complexity index is 585. The molecular weight excluding hydrogens is 226 g/mol. The van der Waals surface area contributed by atoms with Crippen molar-refractivity contribution in [3.63, 3.8) is 0 Å². The van der Waals surface area contributed by atoms with Crippen LogP contribution in [0, 0.1) is 18.3 Å². The molecule has 4 heteroatoms. The second-order valence-corrected chi connectivity index (χ2v) is 3.87. The van der Waals surface area contributed by atoms with Crippen LogP contribution in [-0.2, 0) is 6.54 Å². The van der Waals surface area contributed by atoms with Gasteiger partial charge in [-0.3, -0.25) is 0 Å². The number of aromatic nitrogens is 1. The molecule has 0 fully saturated rings. The van der Waals surface area contributed by atoms with E-state index in [4.69, 9.17) is 15.7 Å². The molecule has 2 aromatic rings. The Labute approximate surface area is 106 Å². The van der Waals surface area contributed by atoms with E-state index in [1.165, 1.54) is 0 Å². The summed E-state index contributed by atoms with van der Waals surface area (Å²) in [5.74, 6) is 0.972. The van der Waals surface area contributed by atoms with Gasteiger partial charge in [0.1, 0.15) is 17.4 Å². The van der Waals surface area contributed by atoms with Gasteiger partial charge in [-0.25, -0.2) is 4.98 Å². The van der Waals surface area contributed by atoms with Crippen LogP contribution in [0.25, 0.3) is 0 Å². The molecule has 1 heterocycles. The lowest BCUT2D eigenvalue weighted by atomic mass is 10.2. The molecule has 2 rings (SSSR count). The first kappa shape index (κ1) is 12.1. The smallest absolute Gasteiger partial charge is 0.237 e. The first-order valence-electron chi connectivity index (χ1n) is 5.57. The van der Waals surface area contributed by atoms with Crippen molar-refractivity contribution in [1.29, 1.82) is 5.26 Å². The summed E-state index contributed by atoms with van der Waals surface area (Å²) in [4.78, 5) is 4.08. The van der Waals surface area contributed by atoms with Gasteiger partial charge < -0.3 is 10.5 Å². The number of pyridine rings is 1. The standard InChI is InChI=1S/C14H13N3O/c1-10-6-7-17-14(13(10)9-16)18-12-4-2-11(8-15)3-5-12/h2-7H,8,15H2,1H3. The number of hydrogen-bond donors (Lipinski definition) is 1. The molecule has 0 saturated carbocycles. The first-order chi connectivity index (χ1) is 8.74. The van der Waals surface area contributed by atoms with Crippen LogP contribution in [0.15, 0.2) is 36.5 Å².